The number of carbonyl (C=O) groups excluding carboxylic acids is 1. The lowest BCUT2D eigenvalue weighted by molar-refractivity contribution is 0.0921. The van der Waals surface area contributed by atoms with E-state index < -0.39 is 0 Å². The van der Waals surface area contributed by atoms with Gasteiger partial charge in [0, 0.05) is 5.39 Å². The van der Waals surface area contributed by atoms with E-state index in [0.717, 1.165) is 22.3 Å². The second-order valence-corrected chi connectivity index (χ2v) is 5.47. The number of furan rings is 1. The lowest BCUT2D eigenvalue weighted by atomic mass is 10.1. The highest BCUT2D eigenvalue weighted by Crippen LogP contribution is 2.22. The number of fused-ring (bicyclic) bond motifs is 1. The number of rotatable bonds is 5. The highest BCUT2D eigenvalue weighted by atomic mass is 16.5. The molecule has 0 saturated carbocycles. The van der Waals surface area contributed by atoms with Crippen molar-refractivity contribution in [2.45, 2.75) is 13.8 Å². The maximum Gasteiger partial charge on any atom is 0.287 e. The third-order valence-electron chi connectivity index (χ3n) is 3.69. The van der Waals surface area contributed by atoms with Gasteiger partial charge < -0.3 is 14.5 Å². The minimum Gasteiger partial charge on any atom is -0.491 e. The number of aryl methyl sites for hydroxylation is 2. The van der Waals surface area contributed by atoms with Crippen LogP contribution in [0.25, 0.3) is 11.0 Å². The smallest absolute Gasteiger partial charge is 0.287 e. The van der Waals surface area contributed by atoms with Gasteiger partial charge in [-0.3, -0.25) is 4.79 Å². The van der Waals surface area contributed by atoms with Gasteiger partial charge in [0.15, 0.2) is 5.76 Å². The van der Waals surface area contributed by atoms with Crippen molar-refractivity contribution in [1.29, 1.82) is 0 Å². The molecule has 0 bridgehead atoms. The minimum atomic E-state index is -0.230. The molecule has 3 aromatic rings. The molecule has 2 aromatic carbocycles. The second kappa shape index (κ2) is 6.57. The van der Waals surface area contributed by atoms with E-state index in [0.29, 0.717) is 24.5 Å². The van der Waals surface area contributed by atoms with Crippen LogP contribution in [0.3, 0.4) is 0 Å². The molecule has 0 aliphatic carbocycles. The lowest BCUT2D eigenvalue weighted by Crippen LogP contribution is -2.27. The molecule has 0 radical (unpaired) electrons. The van der Waals surface area contributed by atoms with Crippen molar-refractivity contribution in [2.75, 3.05) is 13.2 Å². The number of carbonyl (C=O) groups is 1. The normalized spacial score (nSPS) is 10.7. The first-order chi connectivity index (χ1) is 11.1. The number of amides is 1. The summed E-state index contributed by atoms with van der Waals surface area (Å²) in [5, 5.41) is 3.73. The Morgan fingerprint density at radius 2 is 1.83 bits per heavy atom. The Kier molecular flexibility index (Phi) is 4.33. The first-order valence-electron chi connectivity index (χ1n) is 7.61. The van der Waals surface area contributed by atoms with Crippen LogP contribution >= 0.6 is 0 Å². The molecule has 1 amide bonds. The summed E-state index contributed by atoms with van der Waals surface area (Å²) in [7, 11) is 0. The van der Waals surface area contributed by atoms with E-state index in [1.807, 2.05) is 56.3 Å². The van der Waals surface area contributed by atoms with Gasteiger partial charge in [-0.25, -0.2) is 0 Å². The molecule has 0 atom stereocenters. The molecule has 4 nitrogen and oxygen atoms in total. The third-order valence-corrected chi connectivity index (χ3v) is 3.69. The van der Waals surface area contributed by atoms with E-state index in [1.54, 1.807) is 6.07 Å². The van der Waals surface area contributed by atoms with Crippen LogP contribution < -0.4 is 10.1 Å². The fourth-order valence-corrected chi connectivity index (χ4v) is 2.53. The first kappa shape index (κ1) is 15.2. The summed E-state index contributed by atoms with van der Waals surface area (Å²) in [6.45, 7) is 4.85. The molecule has 3 rings (SSSR count). The van der Waals surface area contributed by atoms with Crippen molar-refractivity contribution in [3.05, 3.63) is 65.4 Å². The largest absolute Gasteiger partial charge is 0.491 e. The highest BCUT2D eigenvalue weighted by Gasteiger charge is 2.11. The van der Waals surface area contributed by atoms with Gasteiger partial charge in [0.05, 0.1) is 6.54 Å². The number of hydrogen-bond donors (Lipinski definition) is 1. The summed E-state index contributed by atoms with van der Waals surface area (Å²) in [5.74, 6) is 0.968. The van der Waals surface area contributed by atoms with E-state index in [1.165, 1.54) is 0 Å². The van der Waals surface area contributed by atoms with E-state index in [2.05, 4.69) is 5.32 Å². The van der Waals surface area contributed by atoms with Gasteiger partial charge in [-0.15, -0.1) is 0 Å². The van der Waals surface area contributed by atoms with Crippen molar-refractivity contribution in [2.24, 2.45) is 0 Å². The van der Waals surface area contributed by atoms with E-state index in [4.69, 9.17) is 9.15 Å². The molecule has 0 fully saturated rings. The van der Waals surface area contributed by atoms with Crippen molar-refractivity contribution in [3.63, 3.8) is 0 Å². The summed E-state index contributed by atoms with van der Waals surface area (Å²) in [6.07, 6.45) is 0. The maximum absolute atomic E-state index is 12.1. The summed E-state index contributed by atoms with van der Waals surface area (Å²) < 4.78 is 11.3. The van der Waals surface area contributed by atoms with Gasteiger partial charge in [-0.1, -0.05) is 36.4 Å². The van der Waals surface area contributed by atoms with Gasteiger partial charge in [0.25, 0.3) is 5.91 Å². The minimum absolute atomic E-state index is 0.230. The Morgan fingerprint density at radius 1 is 1.09 bits per heavy atom. The molecule has 1 heterocycles. The molecular formula is C19H19NO3. The van der Waals surface area contributed by atoms with Gasteiger partial charge in [-0.05, 0) is 37.1 Å². The molecule has 1 N–H and O–H groups in total. The van der Waals surface area contributed by atoms with Gasteiger partial charge in [0.1, 0.15) is 17.9 Å². The van der Waals surface area contributed by atoms with Crippen molar-refractivity contribution in [1.82, 2.24) is 5.32 Å². The Morgan fingerprint density at radius 3 is 2.57 bits per heavy atom. The molecule has 0 spiro atoms. The highest BCUT2D eigenvalue weighted by molar-refractivity contribution is 5.96. The van der Waals surface area contributed by atoms with E-state index in [-0.39, 0.29) is 5.91 Å². The molecule has 0 aliphatic heterocycles. The van der Waals surface area contributed by atoms with Crippen LogP contribution in [0.2, 0.25) is 0 Å². The number of nitrogens with one attached hydrogen (secondary N) is 1. The Bertz CT molecular complexity index is 782. The fourth-order valence-electron chi connectivity index (χ4n) is 2.53. The SMILES string of the molecule is Cc1cccc(C)c1OCCNC(=O)c1cc2ccccc2o1. The molecule has 0 saturated heterocycles. The van der Waals surface area contributed by atoms with Crippen LogP contribution in [0.15, 0.2) is 52.9 Å². The summed E-state index contributed by atoms with van der Waals surface area (Å²) in [4.78, 5) is 12.1. The lowest BCUT2D eigenvalue weighted by Gasteiger charge is -2.12. The Balaban J connectivity index is 1.55. The quantitative estimate of drug-likeness (QED) is 0.728. The molecular weight excluding hydrogens is 290 g/mol. The molecule has 23 heavy (non-hydrogen) atoms. The van der Waals surface area contributed by atoms with Crippen LogP contribution in [0.1, 0.15) is 21.7 Å². The molecule has 1 aromatic heterocycles. The Hall–Kier alpha value is -2.75. The zero-order chi connectivity index (χ0) is 16.2. The number of para-hydroxylation sites is 2. The molecule has 0 aliphatic rings. The number of benzene rings is 2. The third kappa shape index (κ3) is 3.37. The standard InChI is InChI=1S/C19H19NO3/c1-13-6-5-7-14(2)18(13)22-11-10-20-19(21)17-12-15-8-3-4-9-16(15)23-17/h3-9,12H,10-11H2,1-2H3,(H,20,21). The van der Waals surface area contributed by atoms with Crippen molar-refractivity contribution < 1.29 is 13.9 Å². The number of ether oxygens (including phenoxy) is 1. The van der Waals surface area contributed by atoms with Crippen molar-refractivity contribution in [3.8, 4) is 5.75 Å². The predicted octanol–water partition coefficient (Wildman–Crippen LogP) is 3.86. The van der Waals surface area contributed by atoms with Crippen LogP contribution in [-0.2, 0) is 0 Å². The molecule has 4 heteroatoms. The monoisotopic (exact) mass is 309 g/mol. The van der Waals surface area contributed by atoms with E-state index >= 15 is 0 Å². The molecule has 0 unspecified atom stereocenters. The summed E-state index contributed by atoms with van der Waals surface area (Å²) >= 11 is 0. The van der Waals surface area contributed by atoms with Gasteiger partial charge in [0.2, 0.25) is 0 Å². The fraction of sp³-hybridized carbons (Fsp3) is 0.211. The first-order valence-corrected chi connectivity index (χ1v) is 7.61. The zero-order valence-corrected chi connectivity index (χ0v) is 13.3. The van der Waals surface area contributed by atoms with Crippen molar-refractivity contribution >= 4 is 16.9 Å². The van der Waals surface area contributed by atoms with Gasteiger partial charge in [-0.2, -0.15) is 0 Å². The van der Waals surface area contributed by atoms with E-state index in [9.17, 15) is 4.79 Å². The predicted molar refractivity (Wildman–Crippen MR) is 90.0 cm³/mol. The Labute approximate surface area is 135 Å². The maximum atomic E-state index is 12.1. The van der Waals surface area contributed by atoms with Crippen LogP contribution in [0.5, 0.6) is 5.75 Å². The topological polar surface area (TPSA) is 51.5 Å². The summed E-state index contributed by atoms with van der Waals surface area (Å²) in [5.41, 5.74) is 2.90. The second-order valence-electron chi connectivity index (χ2n) is 5.47. The van der Waals surface area contributed by atoms with Crippen LogP contribution in [-0.4, -0.2) is 19.1 Å². The average Bonchev–Trinajstić information content (AvgIpc) is 2.97. The van der Waals surface area contributed by atoms with Crippen LogP contribution in [0.4, 0.5) is 0 Å². The zero-order valence-electron chi connectivity index (χ0n) is 13.3. The molecule has 118 valence electrons. The van der Waals surface area contributed by atoms with Gasteiger partial charge >= 0.3 is 0 Å². The number of hydrogen-bond acceptors (Lipinski definition) is 3. The summed E-state index contributed by atoms with van der Waals surface area (Å²) in [6, 6.07) is 15.3. The average molecular weight is 309 g/mol. The van der Waals surface area contributed by atoms with Crippen LogP contribution in [0, 0.1) is 13.8 Å².